The lowest BCUT2D eigenvalue weighted by molar-refractivity contribution is 0.409. The summed E-state index contributed by atoms with van der Waals surface area (Å²) in [6.07, 6.45) is 0. The van der Waals surface area contributed by atoms with Gasteiger partial charge in [0.25, 0.3) is 0 Å². The van der Waals surface area contributed by atoms with Crippen molar-refractivity contribution in [3.05, 3.63) is 53.1 Å². The van der Waals surface area contributed by atoms with Crippen LogP contribution in [0, 0.1) is 0 Å². The fraction of sp³-hybridized carbons (Fsp3) is 0.143. The van der Waals surface area contributed by atoms with E-state index < -0.39 is 0 Å². The first-order chi connectivity index (χ1) is 8.74. The van der Waals surface area contributed by atoms with Gasteiger partial charge < -0.3 is 9.47 Å². The predicted octanol–water partition coefficient (Wildman–Crippen LogP) is 4.88. The van der Waals surface area contributed by atoms with E-state index in [2.05, 4.69) is 0 Å². The molecule has 94 valence electrons. The highest BCUT2D eigenvalue weighted by Gasteiger charge is 2.09. The monoisotopic (exact) mass is 282 g/mol. The van der Waals surface area contributed by atoms with Crippen molar-refractivity contribution < 1.29 is 9.47 Å². The van der Waals surface area contributed by atoms with E-state index in [1.165, 1.54) is 0 Å². The van der Waals surface area contributed by atoms with Crippen LogP contribution < -0.4 is 9.47 Å². The number of rotatable bonds is 4. The van der Waals surface area contributed by atoms with Crippen molar-refractivity contribution >= 4 is 23.2 Å². The Bertz CT molecular complexity index is 541. The highest BCUT2D eigenvalue weighted by molar-refractivity contribution is 6.32. The lowest BCUT2D eigenvalue weighted by Gasteiger charge is -2.12. The molecule has 2 aromatic rings. The Labute approximate surface area is 116 Å². The number of ether oxygens (including phenoxy) is 2. The molecule has 0 bridgehead atoms. The van der Waals surface area contributed by atoms with Crippen molar-refractivity contribution in [1.29, 1.82) is 0 Å². The zero-order valence-electron chi connectivity index (χ0n) is 9.82. The van der Waals surface area contributed by atoms with Gasteiger partial charge in [0.2, 0.25) is 0 Å². The van der Waals surface area contributed by atoms with Gasteiger partial charge in [-0.15, -0.1) is 11.6 Å². The third-order valence-corrected chi connectivity index (χ3v) is 3.04. The maximum absolute atomic E-state index is 6.12. The lowest BCUT2D eigenvalue weighted by atomic mass is 10.2. The Morgan fingerprint density at radius 3 is 2.50 bits per heavy atom. The number of hydrogen-bond acceptors (Lipinski definition) is 2. The van der Waals surface area contributed by atoms with E-state index in [4.69, 9.17) is 32.7 Å². The second kappa shape index (κ2) is 5.98. The quantitative estimate of drug-likeness (QED) is 0.744. The molecule has 0 fully saturated rings. The van der Waals surface area contributed by atoms with E-state index >= 15 is 0 Å². The number of methoxy groups -OCH3 is 1. The van der Waals surface area contributed by atoms with Crippen molar-refractivity contribution in [2.75, 3.05) is 7.11 Å². The first-order valence-electron chi connectivity index (χ1n) is 5.40. The molecule has 0 radical (unpaired) electrons. The molecule has 0 spiro atoms. The highest BCUT2D eigenvalue weighted by atomic mass is 35.5. The van der Waals surface area contributed by atoms with Gasteiger partial charge in [-0.3, -0.25) is 0 Å². The van der Waals surface area contributed by atoms with E-state index in [1.807, 2.05) is 30.3 Å². The van der Waals surface area contributed by atoms with Gasteiger partial charge in [0.05, 0.1) is 18.0 Å². The van der Waals surface area contributed by atoms with Crippen LogP contribution in [0.25, 0.3) is 0 Å². The van der Waals surface area contributed by atoms with Crippen LogP contribution in [-0.4, -0.2) is 7.11 Å². The van der Waals surface area contributed by atoms with E-state index in [1.54, 1.807) is 19.2 Å². The van der Waals surface area contributed by atoms with E-state index in [0.29, 0.717) is 22.4 Å². The smallest absolute Gasteiger partial charge is 0.150 e. The lowest BCUT2D eigenvalue weighted by Crippen LogP contribution is -1.91. The van der Waals surface area contributed by atoms with Gasteiger partial charge in [-0.2, -0.15) is 0 Å². The Balaban J connectivity index is 2.33. The van der Waals surface area contributed by atoms with Crippen molar-refractivity contribution in [2.24, 2.45) is 0 Å². The number of para-hydroxylation sites is 1. The standard InChI is InChI=1S/C14H12Cl2O2/c1-17-11-5-3-6-12(8-11)18-14-10(9-15)4-2-7-13(14)16/h2-8H,9H2,1H3. The highest BCUT2D eigenvalue weighted by Crippen LogP contribution is 2.34. The molecule has 0 saturated carbocycles. The molecule has 0 unspecified atom stereocenters. The van der Waals surface area contributed by atoms with Gasteiger partial charge in [0.1, 0.15) is 17.2 Å². The summed E-state index contributed by atoms with van der Waals surface area (Å²) in [6.45, 7) is 0. The van der Waals surface area contributed by atoms with Gasteiger partial charge >= 0.3 is 0 Å². The molecule has 0 N–H and O–H groups in total. The predicted molar refractivity (Wildman–Crippen MR) is 74.1 cm³/mol. The van der Waals surface area contributed by atoms with Crippen molar-refractivity contribution in [1.82, 2.24) is 0 Å². The third-order valence-electron chi connectivity index (χ3n) is 2.45. The minimum Gasteiger partial charge on any atom is -0.497 e. The Hall–Kier alpha value is -1.38. The van der Waals surface area contributed by atoms with Crippen molar-refractivity contribution in [3.63, 3.8) is 0 Å². The molecule has 18 heavy (non-hydrogen) atoms. The summed E-state index contributed by atoms with van der Waals surface area (Å²) in [4.78, 5) is 0. The number of alkyl halides is 1. The fourth-order valence-electron chi connectivity index (χ4n) is 1.56. The van der Waals surface area contributed by atoms with Crippen molar-refractivity contribution in [2.45, 2.75) is 5.88 Å². The van der Waals surface area contributed by atoms with Crippen LogP contribution in [0.1, 0.15) is 5.56 Å². The number of benzene rings is 2. The van der Waals surface area contributed by atoms with E-state index in [0.717, 1.165) is 11.3 Å². The zero-order chi connectivity index (χ0) is 13.0. The molecule has 0 aliphatic carbocycles. The first kappa shape index (κ1) is 13.1. The molecular weight excluding hydrogens is 271 g/mol. The molecule has 2 nitrogen and oxygen atoms in total. The Morgan fingerprint density at radius 1 is 1.06 bits per heavy atom. The van der Waals surface area contributed by atoms with Gasteiger partial charge in [-0.25, -0.2) is 0 Å². The van der Waals surface area contributed by atoms with Crippen LogP contribution in [0.3, 0.4) is 0 Å². The third kappa shape index (κ3) is 2.89. The molecule has 4 heteroatoms. The molecule has 0 heterocycles. The second-order valence-electron chi connectivity index (χ2n) is 3.64. The minimum absolute atomic E-state index is 0.347. The molecule has 0 atom stereocenters. The van der Waals surface area contributed by atoms with Gasteiger partial charge in [0, 0.05) is 11.6 Å². The van der Waals surface area contributed by atoms with Crippen LogP contribution in [0.15, 0.2) is 42.5 Å². The van der Waals surface area contributed by atoms with Crippen LogP contribution in [0.4, 0.5) is 0 Å². The molecule has 0 aromatic heterocycles. The average Bonchev–Trinajstić information content (AvgIpc) is 2.41. The van der Waals surface area contributed by atoms with Crippen LogP contribution in [0.5, 0.6) is 17.2 Å². The summed E-state index contributed by atoms with van der Waals surface area (Å²) in [5, 5.41) is 0.538. The minimum atomic E-state index is 0.347. The molecule has 0 aliphatic heterocycles. The molecule has 0 saturated heterocycles. The summed E-state index contributed by atoms with van der Waals surface area (Å²) < 4.78 is 10.9. The van der Waals surface area contributed by atoms with Gasteiger partial charge in [0.15, 0.2) is 0 Å². The second-order valence-corrected chi connectivity index (χ2v) is 4.32. The summed E-state index contributed by atoms with van der Waals surface area (Å²) in [5.41, 5.74) is 0.854. The van der Waals surface area contributed by atoms with E-state index in [-0.39, 0.29) is 0 Å². The Kier molecular flexibility index (Phi) is 4.34. The number of halogens is 2. The Morgan fingerprint density at radius 2 is 1.78 bits per heavy atom. The van der Waals surface area contributed by atoms with Crippen LogP contribution in [0.2, 0.25) is 5.02 Å². The molecule has 2 rings (SSSR count). The van der Waals surface area contributed by atoms with Crippen LogP contribution in [-0.2, 0) is 5.88 Å². The summed E-state index contributed by atoms with van der Waals surface area (Å²) in [7, 11) is 1.61. The zero-order valence-corrected chi connectivity index (χ0v) is 11.3. The van der Waals surface area contributed by atoms with Gasteiger partial charge in [-0.1, -0.05) is 29.8 Å². The molecule has 0 amide bonds. The summed E-state index contributed by atoms with van der Waals surface area (Å²) in [5.74, 6) is 2.32. The van der Waals surface area contributed by atoms with Gasteiger partial charge in [-0.05, 0) is 18.2 Å². The average molecular weight is 283 g/mol. The largest absolute Gasteiger partial charge is 0.497 e. The topological polar surface area (TPSA) is 18.5 Å². The summed E-state index contributed by atoms with van der Waals surface area (Å²) >= 11 is 12.0. The maximum atomic E-state index is 6.12. The fourth-order valence-corrected chi connectivity index (χ4v) is 2.00. The normalized spacial score (nSPS) is 10.2. The maximum Gasteiger partial charge on any atom is 0.150 e. The molecular formula is C14H12Cl2O2. The first-order valence-corrected chi connectivity index (χ1v) is 6.31. The SMILES string of the molecule is COc1cccc(Oc2c(Cl)cccc2CCl)c1. The molecule has 0 aliphatic rings. The van der Waals surface area contributed by atoms with Crippen molar-refractivity contribution in [3.8, 4) is 17.2 Å². The molecule has 2 aromatic carbocycles. The number of hydrogen-bond donors (Lipinski definition) is 0. The summed E-state index contributed by atoms with van der Waals surface area (Å²) in [6, 6.07) is 12.8. The van der Waals surface area contributed by atoms with Crippen LogP contribution >= 0.6 is 23.2 Å². The van der Waals surface area contributed by atoms with E-state index in [9.17, 15) is 0 Å².